The molecule has 26 heavy (non-hydrogen) atoms. The minimum absolute atomic E-state index is 0.0216. The topological polar surface area (TPSA) is 75.3 Å². The lowest BCUT2D eigenvalue weighted by molar-refractivity contribution is -0.130. The molecule has 1 N–H and O–H groups in total. The summed E-state index contributed by atoms with van der Waals surface area (Å²) in [7, 11) is 3.37. The molecular weight excluding hydrogens is 330 g/mol. The number of aromatic amines is 1. The fourth-order valence-corrected chi connectivity index (χ4v) is 2.85. The third-order valence-corrected chi connectivity index (χ3v) is 4.26. The van der Waals surface area contributed by atoms with E-state index in [0.29, 0.717) is 29.7 Å². The summed E-state index contributed by atoms with van der Waals surface area (Å²) in [6, 6.07) is 14.8. The number of nitrogens with zero attached hydrogens (tertiary/aromatic N) is 2. The van der Waals surface area contributed by atoms with E-state index in [9.17, 15) is 9.59 Å². The molecule has 6 heteroatoms. The Balaban J connectivity index is 1.66. The lowest BCUT2D eigenvalue weighted by Gasteiger charge is -2.18. The molecule has 1 heterocycles. The first kappa shape index (κ1) is 17.7. The highest BCUT2D eigenvalue weighted by Gasteiger charge is 2.13. The first-order chi connectivity index (χ1) is 12.6. The number of carbonyl (C=O) groups is 1. The van der Waals surface area contributed by atoms with E-state index in [1.807, 2.05) is 30.3 Å². The van der Waals surface area contributed by atoms with Crippen molar-refractivity contribution in [2.75, 3.05) is 14.2 Å². The van der Waals surface area contributed by atoms with Crippen molar-refractivity contribution in [1.29, 1.82) is 0 Å². The number of aryl methyl sites for hydroxylation is 1. The van der Waals surface area contributed by atoms with Gasteiger partial charge in [0.1, 0.15) is 11.6 Å². The molecule has 3 rings (SSSR count). The van der Waals surface area contributed by atoms with Gasteiger partial charge in [0.05, 0.1) is 18.0 Å². The van der Waals surface area contributed by atoms with Gasteiger partial charge in [-0.15, -0.1) is 0 Å². The average molecular weight is 351 g/mol. The normalized spacial score (nSPS) is 10.7. The predicted molar refractivity (Wildman–Crippen MR) is 100 cm³/mol. The van der Waals surface area contributed by atoms with Gasteiger partial charge in [0.15, 0.2) is 0 Å². The van der Waals surface area contributed by atoms with E-state index in [2.05, 4.69) is 9.97 Å². The summed E-state index contributed by atoms with van der Waals surface area (Å²) < 4.78 is 5.32. The molecule has 1 aromatic heterocycles. The molecule has 0 unspecified atom stereocenters. The summed E-state index contributed by atoms with van der Waals surface area (Å²) in [4.78, 5) is 33.4. The van der Waals surface area contributed by atoms with Gasteiger partial charge < -0.3 is 14.6 Å². The predicted octanol–water partition coefficient (Wildman–Crippen LogP) is 2.52. The molecule has 0 aliphatic heterocycles. The first-order valence-electron chi connectivity index (χ1n) is 8.42. The second kappa shape index (κ2) is 7.82. The highest BCUT2D eigenvalue weighted by atomic mass is 16.5. The maximum absolute atomic E-state index is 12.4. The van der Waals surface area contributed by atoms with Crippen LogP contribution in [0.2, 0.25) is 0 Å². The Kier molecular flexibility index (Phi) is 5.31. The Labute approximate surface area is 151 Å². The molecule has 0 aliphatic carbocycles. The molecule has 3 aromatic rings. The SMILES string of the molecule is COc1ccccc1CN(C)C(=O)CCc1nc2ccccc2c(=O)[nH]1. The highest BCUT2D eigenvalue weighted by Crippen LogP contribution is 2.19. The summed E-state index contributed by atoms with van der Waals surface area (Å²) >= 11 is 0. The largest absolute Gasteiger partial charge is 0.496 e. The van der Waals surface area contributed by atoms with Crippen LogP contribution in [0.5, 0.6) is 5.75 Å². The van der Waals surface area contributed by atoms with Crippen molar-refractivity contribution in [2.45, 2.75) is 19.4 Å². The lowest BCUT2D eigenvalue weighted by Crippen LogP contribution is -2.27. The van der Waals surface area contributed by atoms with Crippen LogP contribution >= 0.6 is 0 Å². The molecule has 0 saturated heterocycles. The molecule has 0 saturated carbocycles. The molecule has 2 aromatic carbocycles. The van der Waals surface area contributed by atoms with Crippen LogP contribution in [0.15, 0.2) is 53.3 Å². The highest BCUT2D eigenvalue weighted by molar-refractivity contribution is 5.78. The summed E-state index contributed by atoms with van der Waals surface area (Å²) in [5.41, 5.74) is 1.41. The molecule has 0 radical (unpaired) electrons. The van der Waals surface area contributed by atoms with Crippen LogP contribution in [-0.4, -0.2) is 34.9 Å². The van der Waals surface area contributed by atoms with E-state index >= 15 is 0 Å². The zero-order valence-corrected chi connectivity index (χ0v) is 14.9. The van der Waals surface area contributed by atoms with E-state index in [-0.39, 0.29) is 17.9 Å². The summed E-state index contributed by atoms with van der Waals surface area (Å²) in [5, 5.41) is 0.552. The van der Waals surface area contributed by atoms with Gasteiger partial charge in [0.2, 0.25) is 5.91 Å². The Morgan fingerprint density at radius 1 is 1.15 bits per heavy atom. The van der Waals surface area contributed by atoms with Crippen molar-refractivity contribution < 1.29 is 9.53 Å². The summed E-state index contributed by atoms with van der Waals surface area (Å²) in [6.45, 7) is 0.463. The van der Waals surface area contributed by atoms with Gasteiger partial charge in [-0.3, -0.25) is 9.59 Å². The standard InChI is InChI=1S/C20H21N3O3/c1-23(13-14-7-3-6-10-17(14)26-2)19(24)12-11-18-21-16-9-5-4-8-15(16)20(25)22-18/h3-10H,11-13H2,1-2H3,(H,21,22,25). The van der Waals surface area contributed by atoms with Crippen LogP contribution in [0.25, 0.3) is 10.9 Å². The summed E-state index contributed by atoms with van der Waals surface area (Å²) in [5.74, 6) is 1.26. The Bertz CT molecular complexity index is 981. The number of aromatic nitrogens is 2. The average Bonchev–Trinajstić information content (AvgIpc) is 2.66. The lowest BCUT2D eigenvalue weighted by atomic mass is 10.1. The number of methoxy groups -OCH3 is 1. The number of H-pyrrole nitrogens is 1. The van der Waals surface area contributed by atoms with Gasteiger partial charge in [-0.1, -0.05) is 30.3 Å². The van der Waals surface area contributed by atoms with Crippen molar-refractivity contribution in [3.63, 3.8) is 0 Å². The maximum Gasteiger partial charge on any atom is 0.258 e. The smallest absolute Gasteiger partial charge is 0.258 e. The van der Waals surface area contributed by atoms with E-state index in [1.165, 1.54) is 0 Å². The zero-order chi connectivity index (χ0) is 18.5. The maximum atomic E-state index is 12.4. The van der Waals surface area contributed by atoms with Gasteiger partial charge in [0, 0.05) is 32.0 Å². The molecule has 0 spiro atoms. The van der Waals surface area contributed by atoms with E-state index in [0.717, 1.165) is 11.3 Å². The minimum atomic E-state index is -0.180. The first-order valence-corrected chi connectivity index (χ1v) is 8.42. The number of hydrogen-bond acceptors (Lipinski definition) is 4. The third-order valence-electron chi connectivity index (χ3n) is 4.26. The molecule has 0 bridgehead atoms. The van der Waals surface area contributed by atoms with Gasteiger partial charge >= 0.3 is 0 Å². The van der Waals surface area contributed by atoms with Crippen LogP contribution in [-0.2, 0) is 17.8 Å². The number of amides is 1. The Morgan fingerprint density at radius 3 is 2.69 bits per heavy atom. The number of fused-ring (bicyclic) bond motifs is 1. The zero-order valence-electron chi connectivity index (χ0n) is 14.9. The van der Waals surface area contributed by atoms with Crippen LogP contribution in [0.1, 0.15) is 17.8 Å². The minimum Gasteiger partial charge on any atom is -0.496 e. The second-order valence-corrected chi connectivity index (χ2v) is 6.09. The van der Waals surface area contributed by atoms with Crippen LogP contribution in [0.3, 0.4) is 0 Å². The molecule has 1 amide bonds. The fraction of sp³-hybridized carbons (Fsp3) is 0.250. The molecule has 0 atom stereocenters. The number of nitrogens with one attached hydrogen (secondary N) is 1. The number of benzene rings is 2. The Morgan fingerprint density at radius 2 is 1.88 bits per heavy atom. The quantitative estimate of drug-likeness (QED) is 0.740. The van der Waals surface area contributed by atoms with E-state index < -0.39 is 0 Å². The Hall–Kier alpha value is -3.15. The fourth-order valence-electron chi connectivity index (χ4n) is 2.85. The van der Waals surface area contributed by atoms with Gasteiger partial charge in [-0.05, 0) is 18.2 Å². The number of carbonyl (C=O) groups excluding carboxylic acids is 1. The van der Waals surface area contributed by atoms with Crippen LogP contribution in [0.4, 0.5) is 0 Å². The van der Waals surface area contributed by atoms with Crippen molar-refractivity contribution >= 4 is 16.8 Å². The van der Waals surface area contributed by atoms with E-state index in [4.69, 9.17) is 4.74 Å². The molecule has 0 fully saturated rings. The third kappa shape index (κ3) is 3.91. The van der Waals surface area contributed by atoms with Crippen molar-refractivity contribution in [1.82, 2.24) is 14.9 Å². The molecular formula is C20H21N3O3. The molecule has 0 aliphatic rings. The van der Waals surface area contributed by atoms with Gasteiger partial charge in [0.25, 0.3) is 5.56 Å². The van der Waals surface area contributed by atoms with E-state index in [1.54, 1.807) is 37.3 Å². The van der Waals surface area contributed by atoms with Gasteiger partial charge in [-0.25, -0.2) is 4.98 Å². The second-order valence-electron chi connectivity index (χ2n) is 6.09. The van der Waals surface area contributed by atoms with Gasteiger partial charge in [-0.2, -0.15) is 0 Å². The van der Waals surface area contributed by atoms with Crippen LogP contribution in [0, 0.1) is 0 Å². The van der Waals surface area contributed by atoms with Crippen LogP contribution < -0.4 is 10.3 Å². The number of para-hydroxylation sites is 2. The summed E-state index contributed by atoms with van der Waals surface area (Å²) in [6.07, 6.45) is 0.655. The molecule has 6 nitrogen and oxygen atoms in total. The number of rotatable bonds is 6. The monoisotopic (exact) mass is 351 g/mol. The van der Waals surface area contributed by atoms with Crippen molar-refractivity contribution in [3.8, 4) is 5.75 Å². The molecule has 134 valence electrons. The van der Waals surface area contributed by atoms with Crippen molar-refractivity contribution in [2.24, 2.45) is 0 Å². The number of ether oxygens (including phenoxy) is 1. The number of hydrogen-bond donors (Lipinski definition) is 1. The van der Waals surface area contributed by atoms with Crippen molar-refractivity contribution in [3.05, 3.63) is 70.3 Å².